The van der Waals surface area contributed by atoms with E-state index in [9.17, 15) is 9.59 Å². The number of cyclic esters (lactones) is 2. The van der Waals surface area contributed by atoms with E-state index in [2.05, 4.69) is 4.74 Å². The van der Waals surface area contributed by atoms with Gasteiger partial charge in [0.25, 0.3) is 0 Å². The Morgan fingerprint density at radius 1 is 1.46 bits per heavy atom. The van der Waals surface area contributed by atoms with Gasteiger partial charge in [-0.2, -0.15) is 0 Å². The van der Waals surface area contributed by atoms with Crippen LogP contribution in [0.15, 0.2) is 23.8 Å². The summed E-state index contributed by atoms with van der Waals surface area (Å²) in [5.74, 6) is -0.877. The van der Waals surface area contributed by atoms with Gasteiger partial charge in [-0.15, -0.1) is 0 Å². The number of carbonyl (C=O) groups is 2. The van der Waals surface area contributed by atoms with E-state index in [0.29, 0.717) is 0 Å². The highest BCUT2D eigenvalue weighted by molar-refractivity contribution is 6.07. The average molecular weight is 176 g/mol. The number of ether oxygens (including phenoxy) is 1. The van der Waals surface area contributed by atoms with Gasteiger partial charge >= 0.3 is 11.9 Å². The fourth-order valence-corrected chi connectivity index (χ4v) is 2.41. The van der Waals surface area contributed by atoms with Gasteiger partial charge in [0.2, 0.25) is 0 Å². The molecule has 3 unspecified atom stereocenters. The molecule has 0 aromatic carbocycles. The number of allylic oxidation sites excluding steroid dienone is 3. The minimum Gasteiger partial charge on any atom is -0.392 e. The van der Waals surface area contributed by atoms with Crippen molar-refractivity contribution in [3.05, 3.63) is 23.8 Å². The molecule has 1 heterocycles. The molecule has 0 aromatic heterocycles. The molecule has 0 bridgehead atoms. The van der Waals surface area contributed by atoms with Gasteiger partial charge in [0.1, 0.15) is 5.41 Å². The van der Waals surface area contributed by atoms with E-state index in [1.807, 2.05) is 25.2 Å². The first-order valence-electron chi connectivity index (χ1n) is 4.30. The first-order chi connectivity index (χ1) is 6.16. The molecule has 3 aliphatic rings. The summed E-state index contributed by atoms with van der Waals surface area (Å²) < 4.78 is 4.56. The van der Waals surface area contributed by atoms with Gasteiger partial charge in [-0.1, -0.05) is 23.8 Å². The second-order valence-electron chi connectivity index (χ2n) is 3.89. The summed E-state index contributed by atoms with van der Waals surface area (Å²) in [7, 11) is 0. The molecule has 0 N–H and O–H groups in total. The van der Waals surface area contributed by atoms with Crippen molar-refractivity contribution in [2.75, 3.05) is 0 Å². The highest BCUT2D eigenvalue weighted by Crippen LogP contribution is 2.67. The standard InChI is InChI=1S/C10H8O3/c1-5-2-3-10-6(4-5)7(10)8(11)13-9(10)12/h2-4,6-7H,1H3. The molecule has 66 valence electrons. The normalized spacial score (nSPS) is 45.2. The molecule has 2 aliphatic carbocycles. The molecular formula is C10H8O3. The van der Waals surface area contributed by atoms with E-state index in [0.717, 1.165) is 5.57 Å². The summed E-state index contributed by atoms with van der Waals surface area (Å²) in [5, 5.41) is 0. The van der Waals surface area contributed by atoms with Crippen LogP contribution >= 0.6 is 0 Å². The maximum absolute atomic E-state index is 11.4. The summed E-state index contributed by atoms with van der Waals surface area (Å²) in [5.41, 5.74) is 0.516. The Balaban J connectivity index is 2.11. The van der Waals surface area contributed by atoms with Gasteiger partial charge in [0.05, 0.1) is 5.92 Å². The first kappa shape index (κ1) is 7.06. The third kappa shape index (κ3) is 0.588. The molecular weight excluding hydrogens is 168 g/mol. The highest BCUT2D eigenvalue weighted by atomic mass is 16.6. The van der Waals surface area contributed by atoms with Crippen LogP contribution in [-0.2, 0) is 14.3 Å². The smallest absolute Gasteiger partial charge is 0.325 e. The topological polar surface area (TPSA) is 43.4 Å². The maximum Gasteiger partial charge on any atom is 0.325 e. The van der Waals surface area contributed by atoms with Crippen molar-refractivity contribution < 1.29 is 14.3 Å². The number of carbonyl (C=O) groups excluding carboxylic acids is 2. The second kappa shape index (κ2) is 1.76. The molecule has 3 nitrogen and oxygen atoms in total. The molecule has 3 rings (SSSR count). The van der Waals surface area contributed by atoms with E-state index >= 15 is 0 Å². The Labute approximate surface area is 75.1 Å². The second-order valence-corrected chi connectivity index (χ2v) is 3.89. The lowest BCUT2D eigenvalue weighted by Crippen LogP contribution is -2.17. The molecule has 1 spiro atoms. The first-order valence-corrected chi connectivity index (χ1v) is 4.30. The summed E-state index contributed by atoms with van der Waals surface area (Å²) in [6, 6.07) is 0. The molecule has 3 atom stereocenters. The maximum atomic E-state index is 11.4. The van der Waals surface area contributed by atoms with E-state index in [-0.39, 0.29) is 23.8 Å². The van der Waals surface area contributed by atoms with Gasteiger partial charge in [-0.25, -0.2) is 0 Å². The molecule has 0 radical (unpaired) electrons. The molecule has 1 aliphatic heterocycles. The largest absolute Gasteiger partial charge is 0.392 e. The van der Waals surface area contributed by atoms with Crippen LogP contribution in [0.25, 0.3) is 0 Å². The minimum absolute atomic E-state index is 0.0752. The average Bonchev–Trinajstić information content (AvgIpc) is 2.65. The molecule has 3 heteroatoms. The van der Waals surface area contributed by atoms with Crippen LogP contribution in [0, 0.1) is 17.3 Å². The van der Waals surface area contributed by atoms with Crippen molar-refractivity contribution in [1.82, 2.24) is 0 Å². The van der Waals surface area contributed by atoms with Crippen LogP contribution in [-0.4, -0.2) is 11.9 Å². The van der Waals surface area contributed by atoms with Crippen LogP contribution in [0.2, 0.25) is 0 Å². The van der Waals surface area contributed by atoms with Gasteiger partial charge in [0, 0.05) is 5.92 Å². The quantitative estimate of drug-likeness (QED) is 0.405. The Morgan fingerprint density at radius 2 is 2.23 bits per heavy atom. The van der Waals surface area contributed by atoms with Crippen molar-refractivity contribution in [2.45, 2.75) is 6.92 Å². The van der Waals surface area contributed by atoms with Crippen LogP contribution in [0.5, 0.6) is 0 Å². The van der Waals surface area contributed by atoms with E-state index < -0.39 is 5.41 Å². The summed E-state index contributed by atoms with van der Waals surface area (Å²) in [6.07, 6.45) is 5.70. The lowest BCUT2D eigenvalue weighted by molar-refractivity contribution is -0.157. The van der Waals surface area contributed by atoms with Crippen molar-refractivity contribution >= 4 is 11.9 Å². The number of hydrogen-bond acceptors (Lipinski definition) is 3. The summed E-state index contributed by atoms with van der Waals surface area (Å²) in [6.45, 7) is 1.97. The SMILES string of the molecule is CC1=CC2C3C(=O)OC(=O)C23C=C1. The summed E-state index contributed by atoms with van der Waals surface area (Å²) >= 11 is 0. The zero-order valence-electron chi connectivity index (χ0n) is 7.11. The van der Waals surface area contributed by atoms with E-state index in [4.69, 9.17) is 0 Å². The van der Waals surface area contributed by atoms with E-state index in [1.54, 1.807) is 0 Å². The molecule has 0 aromatic rings. The molecule has 0 amide bonds. The zero-order chi connectivity index (χ0) is 9.22. The summed E-state index contributed by atoms with van der Waals surface area (Å²) in [4.78, 5) is 22.6. The Hall–Kier alpha value is -1.38. The Morgan fingerprint density at radius 3 is 3.00 bits per heavy atom. The molecule has 1 saturated heterocycles. The van der Waals surface area contributed by atoms with Crippen LogP contribution in [0.3, 0.4) is 0 Å². The zero-order valence-corrected chi connectivity index (χ0v) is 7.11. The van der Waals surface area contributed by atoms with Gasteiger partial charge in [-0.3, -0.25) is 9.59 Å². The lowest BCUT2D eigenvalue weighted by Gasteiger charge is -2.09. The van der Waals surface area contributed by atoms with Crippen LogP contribution < -0.4 is 0 Å². The van der Waals surface area contributed by atoms with Crippen LogP contribution in [0.4, 0.5) is 0 Å². The fraction of sp³-hybridized carbons (Fsp3) is 0.400. The van der Waals surface area contributed by atoms with Gasteiger partial charge < -0.3 is 4.74 Å². The van der Waals surface area contributed by atoms with Crippen molar-refractivity contribution in [3.8, 4) is 0 Å². The predicted octanol–water partition coefficient (Wildman–Crippen LogP) is 0.818. The van der Waals surface area contributed by atoms with Crippen molar-refractivity contribution in [3.63, 3.8) is 0 Å². The van der Waals surface area contributed by atoms with Crippen molar-refractivity contribution in [2.24, 2.45) is 17.3 Å². The Bertz CT molecular complexity index is 391. The van der Waals surface area contributed by atoms with Crippen LogP contribution in [0.1, 0.15) is 6.92 Å². The molecule has 13 heavy (non-hydrogen) atoms. The van der Waals surface area contributed by atoms with E-state index in [1.165, 1.54) is 0 Å². The fourth-order valence-electron chi connectivity index (χ4n) is 2.41. The molecule has 2 fully saturated rings. The third-order valence-electron chi connectivity index (χ3n) is 3.18. The highest BCUT2D eigenvalue weighted by Gasteiger charge is 2.77. The van der Waals surface area contributed by atoms with Crippen molar-refractivity contribution in [1.29, 1.82) is 0 Å². The lowest BCUT2D eigenvalue weighted by atomic mass is 9.97. The van der Waals surface area contributed by atoms with Gasteiger partial charge in [0.15, 0.2) is 0 Å². The third-order valence-corrected chi connectivity index (χ3v) is 3.18. The number of hydrogen-bond donors (Lipinski definition) is 0. The number of esters is 2. The predicted molar refractivity (Wildman–Crippen MR) is 43.4 cm³/mol. The molecule has 1 saturated carbocycles. The Kier molecular flexibility index (Phi) is 0.957. The monoisotopic (exact) mass is 176 g/mol. The number of rotatable bonds is 0. The number of fused-ring (bicyclic) bond motifs is 1. The van der Waals surface area contributed by atoms with Gasteiger partial charge in [-0.05, 0) is 6.92 Å². The minimum atomic E-state index is -0.601.